The van der Waals surface area contributed by atoms with Crippen LogP contribution in [-0.4, -0.2) is 61.8 Å². The normalized spacial score (nSPS) is 42.8. The van der Waals surface area contributed by atoms with E-state index >= 15 is 4.79 Å². The number of ketones is 1. The monoisotopic (exact) mass is 772 g/mol. The van der Waals surface area contributed by atoms with Gasteiger partial charge in [-0.25, -0.2) is 0 Å². The van der Waals surface area contributed by atoms with Crippen LogP contribution in [0.2, 0.25) is 0 Å². The van der Waals surface area contributed by atoms with Crippen molar-refractivity contribution in [2.45, 2.75) is 162 Å². The Morgan fingerprint density at radius 3 is 1.64 bits per heavy atom. The Hall–Kier alpha value is -2.85. The number of rotatable bonds is 3. The predicted octanol–water partition coefficient (Wildman–Crippen LogP) is 8.07. The standard InChI is InChI=1S/C47H64O9/c1-23-10-12-31-42(3,4)33(51)14-16-44(31,7)46(23)20-27-29(49)18-25(22-48)35(39(27)55-46)37-38(53)26-19-30(50)28-21-47(56-40(28)36(26)41(37)54-9)24(2)11-13-32-43(5,6)34(52)15-17-45(32,47)8/h18-19,23-24,31-34,37,41,48-52H,10-17,20-22H2,1-9H3/t23-,24-,31+,32+,33-,34-,37-,41-,44+,45+,46-,47-/m1/s1. The highest BCUT2D eigenvalue weighted by Gasteiger charge is 2.69. The van der Waals surface area contributed by atoms with E-state index in [9.17, 15) is 25.5 Å². The number of phenols is 2. The van der Waals surface area contributed by atoms with E-state index in [4.69, 9.17) is 14.2 Å². The molecule has 4 saturated carbocycles. The maximum absolute atomic E-state index is 15.1. The summed E-state index contributed by atoms with van der Waals surface area (Å²) in [4.78, 5) is 15.1. The first-order valence-corrected chi connectivity index (χ1v) is 21.4. The minimum absolute atomic E-state index is 0.0399. The first kappa shape index (κ1) is 38.7. The van der Waals surface area contributed by atoms with Crippen LogP contribution in [-0.2, 0) is 24.2 Å². The fraction of sp³-hybridized carbons (Fsp3) is 0.723. The summed E-state index contributed by atoms with van der Waals surface area (Å²) in [5, 5.41) is 56.9. The van der Waals surface area contributed by atoms with Crippen molar-refractivity contribution in [3.8, 4) is 23.0 Å². The number of benzene rings is 2. The second-order valence-electron chi connectivity index (χ2n) is 21.1. The molecular formula is C47H64O9. The number of methoxy groups -OCH3 is 1. The fourth-order valence-corrected chi connectivity index (χ4v) is 15.0. The number of aliphatic hydroxyl groups is 3. The molecule has 2 spiro atoms. The topological polar surface area (TPSA) is 146 Å². The van der Waals surface area contributed by atoms with Gasteiger partial charge in [0, 0.05) is 58.6 Å². The summed E-state index contributed by atoms with van der Waals surface area (Å²) < 4.78 is 21.2. The molecular weight excluding hydrogens is 709 g/mol. The van der Waals surface area contributed by atoms with Crippen LogP contribution >= 0.6 is 0 Å². The quantitative estimate of drug-likeness (QED) is 0.209. The van der Waals surface area contributed by atoms with Gasteiger partial charge in [-0.05, 0) is 104 Å². The van der Waals surface area contributed by atoms with E-state index in [-0.39, 0.29) is 62.6 Å². The summed E-state index contributed by atoms with van der Waals surface area (Å²) in [5.41, 5.74) is 0.629. The summed E-state index contributed by atoms with van der Waals surface area (Å²) >= 11 is 0. The molecule has 0 saturated heterocycles. The van der Waals surface area contributed by atoms with Crippen LogP contribution in [0.25, 0.3) is 0 Å². The Labute approximate surface area is 332 Å². The molecule has 0 aromatic heterocycles. The van der Waals surface area contributed by atoms with Gasteiger partial charge in [0.1, 0.15) is 40.3 Å². The van der Waals surface area contributed by atoms with Crippen LogP contribution in [0.15, 0.2) is 12.1 Å². The minimum atomic E-state index is -0.921. The molecule has 2 aromatic carbocycles. The molecule has 56 heavy (non-hydrogen) atoms. The van der Waals surface area contributed by atoms with Gasteiger partial charge in [0.2, 0.25) is 0 Å². The number of Topliss-reactive ketones (excluding diaryl/α,β-unsaturated/α-hetero) is 1. The Morgan fingerprint density at radius 2 is 1.18 bits per heavy atom. The zero-order valence-electron chi connectivity index (χ0n) is 34.9. The average Bonchev–Trinajstić information content (AvgIpc) is 3.83. The van der Waals surface area contributed by atoms with Crippen LogP contribution < -0.4 is 9.47 Å². The Morgan fingerprint density at radius 1 is 0.714 bits per heavy atom. The van der Waals surface area contributed by atoms with E-state index < -0.39 is 42.0 Å². The lowest BCUT2D eigenvalue weighted by atomic mass is 9.43. The Kier molecular flexibility index (Phi) is 8.36. The molecule has 9 rings (SSSR count). The van der Waals surface area contributed by atoms with E-state index in [1.54, 1.807) is 19.2 Å². The molecule has 12 atom stereocenters. The first-order valence-electron chi connectivity index (χ1n) is 21.4. The highest BCUT2D eigenvalue weighted by atomic mass is 16.5. The molecule has 0 bridgehead atoms. The number of hydrogen-bond donors (Lipinski definition) is 5. The van der Waals surface area contributed by atoms with Gasteiger partial charge in [0.05, 0.1) is 24.7 Å². The summed E-state index contributed by atoms with van der Waals surface area (Å²) in [6.45, 7) is 17.4. The molecule has 4 fully saturated rings. The Bertz CT molecular complexity index is 2000. The minimum Gasteiger partial charge on any atom is -0.508 e. The van der Waals surface area contributed by atoms with Crippen LogP contribution in [0.4, 0.5) is 0 Å². The third-order valence-corrected chi connectivity index (χ3v) is 18.4. The summed E-state index contributed by atoms with van der Waals surface area (Å²) in [6.07, 6.45) is 6.03. The van der Waals surface area contributed by atoms with Crippen molar-refractivity contribution in [2.24, 2.45) is 45.3 Å². The number of aromatic hydroxyl groups is 2. The number of aliphatic hydroxyl groups excluding tert-OH is 3. The number of hydrogen-bond acceptors (Lipinski definition) is 9. The highest BCUT2D eigenvalue weighted by molar-refractivity contribution is 6.08. The molecule has 7 aliphatic rings. The number of carbonyl (C=O) groups excluding carboxylic acids is 1. The van der Waals surface area contributed by atoms with Crippen LogP contribution in [0.5, 0.6) is 23.0 Å². The summed E-state index contributed by atoms with van der Waals surface area (Å²) in [6, 6.07) is 3.19. The van der Waals surface area contributed by atoms with E-state index in [0.717, 1.165) is 38.5 Å². The van der Waals surface area contributed by atoms with Gasteiger partial charge in [0.25, 0.3) is 0 Å². The lowest BCUT2D eigenvalue weighted by Crippen LogP contribution is -2.66. The van der Waals surface area contributed by atoms with Crippen molar-refractivity contribution < 1.29 is 44.5 Å². The van der Waals surface area contributed by atoms with Gasteiger partial charge in [-0.15, -0.1) is 0 Å². The molecule has 5 N–H and O–H groups in total. The zero-order chi connectivity index (χ0) is 40.3. The van der Waals surface area contributed by atoms with Gasteiger partial charge >= 0.3 is 0 Å². The third kappa shape index (κ3) is 4.50. The summed E-state index contributed by atoms with van der Waals surface area (Å²) in [5.74, 6) is 0.563. The van der Waals surface area contributed by atoms with Gasteiger partial charge in [-0.3, -0.25) is 4.79 Å². The van der Waals surface area contributed by atoms with Crippen molar-refractivity contribution in [2.75, 3.05) is 7.11 Å². The number of ether oxygens (including phenoxy) is 3. The van der Waals surface area contributed by atoms with Crippen LogP contribution in [0, 0.1) is 45.3 Å². The lowest BCUT2D eigenvalue weighted by Gasteiger charge is -2.64. The van der Waals surface area contributed by atoms with Crippen molar-refractivity contribution in [3.05, 3.63) is 45.5 Å². The van der Waals surface area contributed by atoms with Crippen LogP contribution in [0.1, 0.15) is 157 Å². The maximum Gasteiger partial charge on any atom is 0.174 e. The van der Waals surface area contributed by atoms with E-state index in [1.807, 2.05) is 0 Å². The second-order valence-corrected chi connectivity index (χ2v) is 21.1. The highest BCUT2D eigenvalue weighted by Crippen LogP contribution is 2.70. The molecule has 0 unspecified atom stereocenters. The summed E-state index contributed by atoms with van der Waals surface area (Å²) in [7, 11) is 1.60. The number of fused-ring (bicyclic) bond motifs is 8. The molecule has 0 amide bonds. The van der Waals surface area contributed by atoms with E-state index in [0.29, 0.717) is 70.6 Å². The second kappa shape index (κ2) is 12.1. The molecule has 9 heteroatoms. The van der Waals surface area contributed by atoms with Gasteiger partial charge in [0.15, 0.2) is 5.78 Å². The zero-order valence-corrected chi connectivity index (χ0v) is 34.9. The van der Waals surface area contributed by atoms with Crippen molar-refractivity contribution >= 4 is 5.78 Å². The molecule has 2 heterocycles. The third-order valence-electron chi connectivity index (χ3n) is 18.4. The average molecular weight is 773 g/mol. The van der Waals surface area contributed by atoms with Crippen molar-refractivity contribution in [1.82, 2.24) is 0 Å². The van der Waals surface area contributed by atoms with Gasteiger partial charge in [-0.1, -0.05) is 55.4 Å². The molecule has 306 valence electrons. The van der Waals surface area contributed by atoms with Gasteiger partial charge < -0.3 is 39.7 Å². The predicted molar refractivity (Wildman–Crippen MR) is 211 cm³/mol. The van der Waals surface area contributed by atoms with E-state index in [1.165, 1.54) is 0 Å². The largest absolute Gasteiger partial charge is 0.508 e. The van der Waals surface area contributed by atoms with Gasteiger partial charge in [-0.2, -0.15) is 0 Å². The Balaban J connectivity index is 1.17. The molecule has 2 aliphatic heterocycles. The lowest BCUT2D eigenvalue weighted by molar-refractivity contribution is -0.210. The molecule has 0 radical (unpaired) electrons. The first-order chi connectivity index (χ1) is 26.3. The van der Waals surface area contributed by atoms with Crippen LogP contribution in [0.3, 0.4) is 0 Å². The number of carbonyl (C=O) groups is 1. The number of phenolic OH excluding ortho intramolecular Hbond substituents is 2. The molecule has 5 aliphatic carbocycles. The maximum atomic E-state index is 15.1. The van der Waals surface area contributed by atoms with E-state index in [2.05, 4.69) is 55.4 Å². The van der Waals surface area contributed by atoms with Crippen molar-refractivity contribution in [1.29, 1.82) is 0 Å². The molecule has 2 aromatic rings. The fourth-order valence-electron chi connectivity index (χ4n) is 15.0. The SMILES string of the molecule is CO[C@@H]1c2c(cc(O)c3c2O[C@]2(C3)[C@H](C)CC[C@H]3C(C)(C)[C@H](O)CC[C@@]32C)C(=O)[C@H]1c1c(CO)cc(O)c2c1O[C@]1(C2)[C@H](C)CC[C@H]2C(C)(C)[C@H](O)CC[C@@]21C. The van der Waals surface area contributed by atoms with Crippen molar-refractivity contribution in [3.63, 3.8) is 0 Å². The smallest absolute Gasteiger partial charge is 0.174 e. The molecule has 9 nitrogen and oxygen atoms in total.